The molecule has 2 unspecified atom stereocenters. The molecular weight excluding hydrogens is 150 g/mol. The monoisotopic (exact) mass is 169 g/mol. The highest BCUT2D eigenvalue weighted by Crippen LogP contribution is 2.32. The summed E-state index contributed by atoms with van der Waals surface area (Å²) in [6, 6.07) is 0. The van der Waals surface area contributed by atoms with Gasteiger partial charge in [0.05, 0.1) is 6.10 Å². The fraction of sp³-hybridized carbons (Fsp3) is 1.00. The summed E-state index contributed by atoms with van der Waals surface area (Å²) < 4.78 is 0. The van der Waals surface area contributed by atoms with Crippen LogP contribution < -0.4 is 5.32 Å². The minimum atomic E-state index is -0.0229. The predicted molar refractivity (Wildman–Crippen MR) is 48.9 cm³/mol. The Bertz CT molecular complexity index is 139. The van der Waals surface area contributed by atoms with E-state index in [1.165, 1.54) is 25.7 Å². The standard InChI is InChI=1S/C10H19NO/c12-10(6-8-2-1-3-8)9-4-5-11-7-9/h8-12H,1-7H2. The Balaban J connectivity index is 1.71. The van der Waals surface area contributed by atoms with Crippen LogP contribution in [-0.4, -0.2) is 24.3 Å². The third-order valence-electron chi connectivity index (χ3n) is 3.44. The van der Waals surface area contributed by atoms with E-state index in [0.717, 1.165) is 25.4 Å². The lowest BCUT2D eigenvalue weighted by molar-refractivity contribution is 0.0729. The second kappa shape index (κ2) is 3.75. The third-order valence-corrected chi connectivity index (χ3v) is 3.44. The molecule has 2 nitrogen and oxygen atoms in total. The highest BCUT2D eigenvalue weighted by atomic mass is 16.3. The average molecular weight is 169 g/mol. The molecule has 2 N–H and O–H groups in total. The molecule has 0 spiro atoms. The van der Waals surface area contributed by atoms with Crippen LogP contribution in [0.25, 0.3) is 0 Å². The van der Waals surface area contributed by atoms with Crippen molar-refractivity contribution in [3.8, 4) is 0 Å². The lowest BCUT2D eigenvalue weighted by Gasteiger charge is -2.29. The zero-order chi connectivity index (χ0) is 8.39. The van der Waals surface area contributed by atoms with E-state index in [1.807, 2.05) is 0 Å². The van der Waals surface area contributed by atoms with Crippen molar-refractivity contribution in [3.05, 3.63) is 0 Å². The number of aliphatic hydroxyl groups is 1. The number of hydrogen-bond donors (Lipinski definition) is 2. The van der Waals surface area contributed by atoms with Gasteiger partial charge in [-0.3, -0.25) is 0 Å². The van der Waals surface area contributed by atoms with Gasteiger partial charge in [0.1, 0.15) is 0 Å². The summed E-state index contributed by atoms with van der Waals surface area (Å²) in [7, 11) is 0. The fourth-order valence-electron chi connectivity index (χ4n) is 2.27. The van der Waals surface area contributed by atoms with Crippen LogP contribution in [0, 0.1) is 11.8 Å². The summed E-state index contributed by atoms with van der Waals surface area (Å²) in [5.41, 5.74) is 0. The van der Waals surface area contributed by atoms with E-state index in [1.54, 1.807) is 0 Å². The Hall–Kier alpha value is -0.0800. The zero-order valence-electron chi connectivity index (χ0n) is 7.63. The van der Waals surface area contributed by atoms with Crippen LogP contribution in [0.3, 0.4) is 0 Å². The summed E-state index contributed by atoms with van der Waals surface area (Å²) in [4.78, 5) is 0. The molecule has 0 aromatic carbocycles. The van der Waals surface area contributed by atoms with Crippen molar-refractivity contribution >= 4 is 0 Å². The quantitative estimate of drug-likeness (QED) is 0.664. The molecule has 0 aromatic rings. The molecule has 0 aromatic heterocycles. The highest BCUT2D eigenvalue weighted by Gasteiger charge is 2.27. The van der Waals surface area contributed by atoms with Gasteiger partial charge in [0.25, 0.3) is 0 Å². The maximum absolute atomic E-state index is 9.84. The SMILES string of the molecule is OC(CC1CCC1)C1CCNC1. The first kappa shape index (κ1) is 8.52. The van der Waals surface area contributed by atoms with Gasteiger partial charge in [-0.05, 0) is 31.2 Å². The Kier molecular flexibility index (Phi) is 2.66. The molecule has 0 bridgehead atoms. The Morgan fingerprint density at radius 3 is 2.67 bits per heavy atom. The summed E-state index contributed by atoms with van der Waals surface area (Å²) >= 11 is 0. The van der Waals surface area contributed by atoms with E-state index >= 15 is 0 Å². The molecule has 1 aliphatic heterocycles. The fourth-order valence-corrected chi connectivity index (χ4v) is 2.27. The second-order valence-corrected chi connectivity index (χ2v) is 4.35. The molecule has 2 atom stereocenters. The highest BCUT2D eigenvalue weighted by molar-refractivity contribution is 4.81. The van der Waals surface area contributed by atoms with Crippen molar-refractivity contribution in [2.45, 2.75) is 38.2 Å². The van der Waals surface area contributed by atoms with Crippen molar-refractivity contribution in [2.75, 3.05) is 13.1 Å². The molecule has 2 fully saturated rings. The summed E-state index contributed by atoms with van der Waals surface area (Å²) in [5.74, 6) is 1.39. The second-order valence-electron chi connectivity index (χ2n) is 4.35. The Morgan fingerprint density at radius 2 is 2.17 bits per heavy atom. The molecule has 12 heavy (non-hydrogen) atoms. The van der Waals surface area contributed by atoms with E-state index in [4.69, 9.17) is 0 Å². The molecule has 1 aliphatic carbocycles. The van der Waals surface area contributed by atoms with Gasteiger partial charge in [0.2, 0.25) is 0 Å². The lowest BCUT2D eigenvalue weighted by Crippen LogP contribution is -2.27. The molecular formula is C10H19NO. The molecule has 2 aliphatic rings. The number of rotatable bonds is 3. The van der Waals surface area contributed by atoms with Crippen LogP contribution in [0.1, 0.15) is 32.1 Å². The van der Waals surface area contributed by atoms with Crippen LogP contribution in [-0.2, 0) is 0 Å². The topological polar surface area (TPSA) is 32.3 Å². The van der Waals surface area contributed by atoms with Crippen LogP contribution in [0.5, 0.6) is 0 Å². The van der Waals surface area contributed by atoms with Gasteiger partial charge in [-0.2, -0.15) is 0 Å². The van der Waals surface area contributed by atoms with Crippen molar-refractivity contribution in [1.82, 2.24) is 5.32 Å². The first-order valence-corrected chi connectivity index (χ1v) is 5.25. The van der Waals surface area contributed by atoms with E-state index in [9.17, 15) is 5.11 Å². The molecule has 1 saturated carbocycles. The van der Waals surface area contributed by atoms with Crippen LogP contribution >= 0.6 is 0 Å². The molecule has 2 heteroatoms. The molecule has 70 valence electrons. The van der Waals surface area contributed by atoms with Gasteiger partial charge in [0, 0.05) is 6.54 Å². The van der Waals surface area contributed by atoms with E-state index in [-0.39, 0.29) is 6.10 Å². The van der Waals surface area contributed by atoms with Crippen molar-refractivity contribution in [3.63, 3.8) is 0 Å². The van der Waals surface area contributed by atoms with Gasteiger partial charge in [-0.1, -0.05) is 19.3 Å². The van der Waals surface area contributed by atoms with Crippen LogP contribution in [0.15, 0.2) is 0 Å². The van der Waals surface area contributed by atoms with Gasteiger partial charge < -0.3 is 10.4 Å². The predicted octanol–water partition coefficient (Wildman–Crippen LogP) is 1.15. The molecule has 1 heterocycles. The van der Waals surface area contributed by atoms with Crippen molar-refractivity contribution in [1.29, 1.82) is 0 Å². The largest absolute Gasteiger partial charge is 0.393 e. The molecule has 2 rings (SSSR count). The lowest BCUT2D eigenvalue weighted by atomic mass is 9.79. The summed E-state index contributed by atoms with van der Waals surface area (Å²) in [5, 5.41) is 13.1. The Labute approximate surface area is 74.4 Å². The van der Waals surface area contributed by atoms with E-state index in [0.29, 0.717) is 5.92 Å². The molecule has 0 amide bonds. The van der Waals surface area contributed by atoms with Crippen molar-refractivity contribution in [2.24, 2.45) is 11.8 Å². The molecule has 0 radical (unpaired) electrons. The summed E-state index contributed by atoms with van der Waals surface area (Å²) in [6.45, 7) is 2.14. The van der Waals surface area contributed by atoms with E-state index < -0.39 is 0 Å². The first-order valence-electron chi connectivity index (χ1n) is 5.25. The first-order chi connectivity index (χ1) is 5.86. The Morgan fingerprint density at radius 1 is 1.33 bits per heavy atom. The minimum Gasteiger partial charge on any atom is -0.393 e. The minimum absolute atomic E-state index is 0.0229. The van der Waals surface area contributed by atoms with Crippen molar-refractivity contribution < 1.29 is 5.11 Å². The molecule has 1 saturated heterocycles. The number of aliphatic hydroxyl groups excluding tert-OH is 1. The van der Waals surface area contributed by atoms with E-state index in [2.05, 4.69) is 5.32 Å². The average Bonchev–Trinajstić information content (AvgIpc) is 2.47. The number of nitrogens with one attached hydrogen (secondary N) is 1. The van der Waals surface area contributed by atoms with Crippen LogP contribution in [0.4, 0.5) is 0 Å². The maximum Gasteiger partial charge on any atom is 0.0583 e. The summed E-state index contributed by atoms with van der Waals surface area (Å²) in [6.07, 6.45) is 6.32. The zero-order valence-corrected chi connectivity index (χ0v) is 7.63. The third kappa shape index (κ3) is 1.80. The maximum atomic E-state index is 9.84. The number of hydrogen-bond acceptors (Lipinski definition) is 2. The van der Waals surface area contributed by atoms with Gasteiger partial charge >= 0.3 is 0 Å². The van der Waals surface area contributed by atoms with Gasteiger partial charge in [0.15, 0.2) is 0 Å². The smallest absolute Gasteiger partial charge is 0.0583 e. The van der Waals surface area contributed by atoms with Gasteiger partial charge in [-0.25, -0.2) is 0 Å². The normalized spacial score (nSPS) is 33.2. The van der Waals surface area contributed by atoms with Crippen LogP contribution in [0.2, 0.25) is 0 Å². The van der Waals surface area contributed by atoms with Gasteiger partial charge in [-0.15, -0.1) is 0 Å².